The SMILES string of the molecule is CCC(C)CNC(=O)C1Cc2cc(S(=O)(=O)Cl)ccc2O1. The second-order valence-corrected chi connectivity index (χ2v) is 7.84. The fraction of sp³-hybridized carbons (Fsp3) is 0.500. The van der Waals surface area contributed by atoms with Crippen LogP contribution in [0.4, 0.5) is 0 Å². The summed E-state index contributed by atoms with van der Waals surface area (Å²) in [4.78, 5) is 12.1. The summed E-state index contributed by atoms with van der Waals surface area (Å²) in [5.74, 6) is 0.759. The van der Waals surface area contributed by atoms with Crippen molar-refractivity contribution >= 4 is 25.6 Å². The predicted octanol–water partition coefficient (Wildman–Crippen LogP) is 2.08. The molecule has 1 amide bonds. The van der Waals surface area contributed by atoms with Crippen molar-refractivity contribution in [2.45, 2.75) is 37.7 Å². The van der Waals surface area contributed by atoms with Crippen molar-refractivity contribution in [1.82, 2.24) is 5.32 Å². The maximum atomic E-state index is 12.0. The van der Waals surface area contributed by atoms with Gasteiger partial charge in [-0.15, -0.1) is 0 Å². The van der Waals surface area contributed by atoms with Crippen molar-refractivity contribution in [3.05, 3.63) is 23.8 Å². The van der Waals surface area contributed by atoms with E-state index in [1.165, 1.54) is 18.2 Å². The van der Waals surface area contributed by atoms with Gasteiger partial charge in [0.2, 0.25) is 0 Å². The zero-order valence-electron chi connectivity index (χ0n) is 11.9. The number of benzene rings is 1. The Labute approximate surface area is 129 Å². The first-order chi connectivity index (χ1) is 9.81. The number of rotatable bonds is 5. The Balaban J connectivity index is 2.04. The van der Waals surface area contributed by atoms with E-state index in [9.17, 15) is 13.2 Å². The molecule has 0 bridgehead atoms. The molecule has 1 aliphatic rings. The Morgan fingerprint density at radius 2 is 2.24 bits per heavy atom. The third-order valence-electron chi connectivity index (χ3n) is 3.60. The number of carbonyl (C=O) groups excluding carboxylic acids is 1. The van der Waals surface area contributed by atoms with Gasteiger partial charge in [-0.25, -0.2) is 8.42 Å². The number of nitrogens with one attached hydrogen (secondary N) is 1. The molecular formula is C14H18ClNO4S. The fourth-order valence-corrected chi connectivity index (χ4v) is 2.86. The lowest BCUT2D eigenvalue weighted by molar-refractivity contribution is -0.127. The second-order valence-electron chi connectivity index (χ2n) is 5.28. The van der Waals surface area contributed by atoms with E-state index in [1.807, 2.05) is 0 Å². The zero-order valence-corrected chi connectivity index (χ0v) is 13.5. The minimum atomic E-state index is -3.77. The molecule has 0 saturated heterocycles. The quantitative estimate of drug-likeness (QED) is 0.838. The number of hydrogen-bond acceptors (Lipinski definition) is 4. The largest absolute Gasteiger partial charge is 0.480 e. The molecule has 1 aromatic carbocycles. The first-order valence-corrected chi connectivity index (χ1v) is 9.14. The van der Waals surface area contributed by atoms with Gasteiger partial charge in [0.05, 0.1) is 4.90 Å². The van der Waals surface area contributed by atoms with Gasteiger partial charge in [0.15, 0.2) is 6.10 Å². The summed E-state index contributed by atoms with van der Waals surface area (Å²) in [5.41, 5.74) is 0.681. The van der Waals surface area contributed by atoms with Crippen LogP contribution in [0.15, 0.2) is 23.1 Å². The lowest BCUT2D eigenvalue weighted by Gasteiger charge is -2.14. The van der Waals surface area contributed by atoms with Crippen LogP contribution in [-0.4, -0.2) is 27.0 Å². The van der Waals surface area contributed by atoms with Crippen LogP contribution < -0.4 is 10.1 Å². The zero-order chi connectivity index (χ0) is 15.6. The van der Waals surface area contributed by atoms with E-state index < -0.39 is 15.2 Å². The Bertz CT molecular complexity index is 644. The molecule has 1 aliphatic heterocycles. The summed E-state index contributed by atoms with van der Waals surface area (Å²) in [5, 5.41) is 2.85. The van der Waals surface area contributed by atoms with Gasteiger partial charge in [0, 0.05) is 23.6 Å². The predicted molar refractivity (Wildman–Crippen MR) is 80.1 cm³/mol. The van der Waals surface area contributed by atoms with E-state index in [4.69, 9.17) is 15.4 Å². The van der Waals surface area contributed by atoms with Crippen molar-refractivity contribution in [2.75, 3.05) is 6.54 Å². The van der Waals surface area contributed by atoms with E-state index >= 15 is 0 Å². The average Bonchev–Trinajstić information content (AvgIpc) is 2.86. The Morgan fingerprint density at radius 1 is 1.52 bits per heavy atom. The maximum absolute atomic E-state index is 12.0. The van der Waals surface area contributed by atoms with E-state index in [2.05, 4.69) is 19.2 Å². The van der Waals surface area contributed by atoms with Crippen molar-refractivity contribution in [3.63, 3.8) is 0 Å². The summed E-state index contributed by atoms with van der Waals surface area (Å²) in [6.07, 6.45) is 0.725. The van der Waals surface area contributed by atoms with Gasteiger partial charge in [-0.1, -0.05) is 20.3 Å². The van der Waals surface area contributed by atoms with Crippen molar-refractivity contribution in [3.8, 4) is 5.75 Å². The highest BCUT2D eigenvalue weighted by Gasteiger charge is 2.30. The number of halogens is 1. The first kappa shape index (κ1) is 16.1. The molecule has 0 saturated carbocycles. The number of fused-ring (bicyclic) bond motifs is 1. The van der Waals surface area contributed by atoms with Crippen LogP contribution in [0.1, 0.15) is 25.8 Å². The lowest BCUT2D eigenvalue weighted by atomic mass is 10.1. The van der Waals surface area contributed by atoms with Gasteiger partial charge in [-0.3, -0.25) is 4.79 Å². The molecule has 0 fully saturated rings. The highest BCUT2D eigenvalue weighted by molar-refractivity contribution is 8.13. The Morgan fingerprint density at radius 3 is 2.86 bits per heavy atom. The third kappa shape index (κ3) is 3.89. The highest BCUT2D eigenvalue weighted by atomic mass is 35.7. The molecule has 116 valence electrons. The molecule has 1 heterocycles. The van der Waals surface area contributed by atoms with Gasteiger partial charge in [0.1, 0.15) is 5.75 Å². The van der Waals surface area contributed by atoms with Crippen LogP contribution in [-0.2, 0) is 20.3 Å². The molecule has 0 aliphatic carbocycles. The average molecular weight is 332 g/mol. The number of hydrogen-bond donors (Lipinski definition) is 1. The first-order valence-electron chi connectivity index (χ1n) is 6.83. The number of amides is 1. The second kappa shape index (κ2) is 6.23. The lowest BCUT2D eigenvalue weighted by Crippen LogP contribution is -2.39. The van der Waals surface area contributed by atoms with E-state index in [-0.39, 0.29) is 10.8 Å². The third-order valence-corrected chi connectivity index (χ3v) is 4.95. The molecular weight excluding hydrogens is 314 g/mol. The normalized spacial score (nSPS) is 18.7. The molecule has 0 spiro atoms. The Hall–Kier alpha value is -1.27. The minimum absolute atomic E-state index is 0.0205. The van der Waals surface area contributed by atoms with E-state index in [0.29, 0.717) is 30.2 Å². The van der Waals surface area contributed by atoms with Crippen LogP contribution in [0.25, 0.3) is 0 Å². The molecule has 2 unspecified atom stereocenters. The van der Waals surface area contributed by atoms with Gasteiger partial charge in [0.25, 0.3) is 15.0 Å². The summed E-state index contributed by atoms with van der Waals surface area (Å²) in [6, 6.07) is 4.37. The van der Waals surface area contributed by atoms with Crippen LogP contribution in [0.3, 0.4) is 0 Å². The molecule has 5 nitrogen and oxygen atoms in total. The van der Waals surface area contributed by atoms with Crippen molar-refractivity contribution in [2.24, 2.45) is 5.92 Å². The maximum Gasteiger partial charge on any atom is 0.261 e. The molecule has 0 aromatic heterocycles. The van der Waals surface area contributed by atoms with Crippen LogP contribution in [0.5, 0.6) is 5.75 Å². The summed E-state index contributed by atoms with van der Waals surface area (Å²) < 4.78 is 28.2. The van der Waals surface area contributed by atoms with Crippen LogP contribution in [0, 0.1) is 5.92 Å². The van der Waals surface area contributed by atoms with Crippen LogP contribution >= 0.6 is 10.7 Å². The van der Waals surface area contributed by atoms with Gasteiger partial charge < -0.3 is 10.1 Å². The van der Waals surface area contributed by atoms with Crippen molar-refractivity contribution < 1.29 is 17.9 Å². The summed E-state index contributed by atoms with van der Waals surface area (Å²) in [7, 11) is 1.54. The molecule has 2 atom stereocenters. The Kier molecular flexibility index (Phi) is 4.78. The number of carbonyl (C=O) groups is 1. The molecule has 1 aromatic rings. The topological polar surface area (TPSA) is 72.5 Å². The van der Waals surface area contributed by atoms with Crippen molar-refractivity contribution in [1.29, 1.82) is 0 Å². The van der Waals surface area contributed by atoms with E-state index in [1.54, 1.807) is 0 Å². The smallest absolute Gasteiger partial charge is 0.261 e. The van der Waals surface area contributed by atoms with Crippen LogP contribution in [0.2, 0.25) is 0 Å². The highest BCUT2D eigenvalue weighted by Crippen LogP contribution is 2.31. The molecule has 21 heavy (non-hydrogen) atoms. The van der Waals surface area contributed by atoms with Gasteiger partial charge in [-0.2, -0.15) is 0 Å². The summed E-state index contributed by atoms with van der Waals surface area (Å²) >= 11 is 0. The fourth-order valence-electron chi connectivity index (χ4n) is 2.06. The monoisotopic (exact) mass is 331 g/mol. The molecule has 0 radical (unpaired) electrons. The van der Waals surface area contributed by atoms with Gasteiger partial charge >= 0.3 is 0 Å². The standard InChI is InChI=1S/C14H18ClNO4S/c1-3-9(2)8-16-14(17)13-7-10-6-11(21(15,18)19)4-5-12(10)20-13/h4-6,9,13H,3,7-8H2,1-2H3,(H,16,17). The molecule has 7 heteroatoms. The van der Waals surface area contributed by atoms with E-state index in [0.717, 1.165) is 6.42 Å². The molecule has 1 N–H and O–H groups in total. The summed E-state index contributed by atoms with van der Waals surface area (Å²) in [6.45, 7) is 4.72. The minimum Gasteiger partial charge on any atom is -0.480 e. The number of ether oxygens (including phenoxy) is 1. The van der Waals surface area contributed by atoms with Gasteiger partial charge in [-0.05, 0) is 29.7 Å². The molecule has 2 rings (SSSR count).